The molecule has 1 aliphatic heterocycles. The number of alkyl halides is 3. The van der Waals surface area contributed by atoms with Crippen LogP contribution in [0.3, 0.4) is 0 Å². The lowest BCUT2D eigenvalue weighted by atomic mass is 9.72. The van der Waals surface area contributed by atoms with Crippen molar-refractivity contribution in [1.82, 2.24) is 4.90 Å². The number of aliphatic carboxylic acids is 1. The summed E-state index contributed by atoms with van der Waals surface area (Å²) in [5, 5.41) is 8.99. The summed E-state index contributed by atoms with van der Waals surface area (Å²) in [6.07, 6.45) is -0.542. The lowest BCUT2D eigenvalue weighted by Gasteiger charge is -2.48. The number of halogens is 3. The summed E-state index contributed by atoms with van der Waals surface area (Å²) in [5.41, 5.74) is -2.15. The zero-order valence-electron chi connectivity index (χ0n) is 9.34. The number of hydrogen-bond acceptors (Lipinski definition) is 2. The van der Waals surface area contributed by atoms with Gasteiger partial charge in [0.15, 0.2) is 0 Å². The van der Waals surface area contributed by atoms with Gasteiger partial charge in [0.1, 0.15) is 12.1 Å². The van der Waals surface area contributed by atoms with Crippen molar-refractivity contribution in [2.75, 3.05) is 19.8 Å². The normalized spacial score (nSPS) is 34.9. The van der Waals surface area contributed by atoms with Gasteiger partial charge in [-0.3, -0.25) is 9.69 Å². The highest BCUT2D eigenvalue weighted by atomic mass is 19.3. The molecule has 0 radical (unpaired) electrons. The number of carbonyl (C=O) groups is 1. The first-order valence-corrected chi connectivity index (χ1v) is 5.18. The van der Waals surface area contributed by atoms with E-state index in [4.69, 9.17) is 5.11 Å². The third-order valence-corrected chi connectivity index (χ3v) is 3.67. The highest BCUT2D eigenvalue weighted by Gasteiger charge is 2.62. The molecule has 6 heteroatoms. The Kier molecular flexibility index (Phi) is 3.52. The van der Waals surface area contributed by atoms with Gasteiger partial charge in [-0.2, -0.15) is 0 Å². The molecule has 1 N–H and O–H groups in total. The van der Waals surface area contributed by atoms with Gasteiger partial charge in [0.05, 0.1) is 0 Å². The molecular weight excluding hydrogens is 223 g/mol. The summed E-state index contributed by atoms with van der Waals surface area (Å²) in [7, 11) is 0. The molecule has 2 atom stereocenters. The van der Waals surface area contributed by atoms with Gasteiger partial charge in [0, 0.05) is 25.6 Å². The first-order valence-electron chi connectivity index (χ1n) is 5.18. The highest BCUT2D eigenvalue weighted by molar-refractivity contribution is 5.76. The van der Waals surface area contributed by atoms with Crippen LogP contribution in [0.1, 0.15) is 20.3 Å². The van der Waals surface area contributed by atoms with Crippen LogP contribution in [0.2, 0.25) is 0 Å². The molecule has 1 fully saturated rings. The number of hydrogen-bond donors (Lipinski definition) is 1. The number of carboxylic acid groups (broad SMARTS) is 1. The zero-order valence-corrected chi connectivity index (χ0v) is 9.34. The van der Waals surface area contributed by atoms with Crippen LogP contribution in [0, 0.1) is 5.41 Å². The molecule has 0 bridgehead atoms. The van der Waals surface area contributed by atoms with Gasteiger partial charge in [-0.15, -0.1) is 0 Å². The van der Waals surface area contributed by atoms with E-state index in [9.17, 15) is 18.0 Å². The predicted octanol–water partition coefficient (Wildman–Crippen LogP) is 1.78. The van der Waals surface area contributed by atoms with Crippen molar-refractivity contribution in [1.29, 1.82) is 0 Å². The van der Waals surface area contributed by atoms with Gasteiger partial charge in [0.2, 0.25) is 0 Å². The van der Waals surface area contributed by atoms with Gasteiger partial charge in [-0.1, -0.05) is 0 Å². The van der Waals surface area contributed by atoms with Crippen LogP contribution in [0.25, 0.3) is 0 Å². The fourth-order valence-electron chi connectivity index (χ4n) is 2.16. The summed E-state index contributed by atoms with van der Waals surface area (Å²) in [6, 6.07) is -0.885. The average molecular weight is 239 g/mol. The van der Waals surface area contributed by atoms with E-state index in [1.54, 1.807) is 0 Å². The summed E-state index contributed by atoms with van der Waals surface area (Å²) in [6.45, 7) is 1.81. The van der Waals surface area contributed by atoms with E-state index < -0.39 is 36.4 Å². The molecule has 0 spiro atoms. The number of nitrogens with zero attached hydrogens (tertiary/aromatic N) is 1. The minimum atomic E-state index is -3.26. The second-order valence-corrected chi connectivity index (χ2v) is 4.36. The molecule has 0 aliphatic carbocycles. The summed E-state index contributed by atoms with van der Waals surface area (Å²) in [5.74, 6) is -4.79. The monoisotopic (exact) mass is 239 g/mol. The van der Waals surface area contributed by atoms with Gasteiger partial charge in [-0.25, -0.2) is 13.2 Å². The molecule has 0 saturated carbocycles. The topological polar surface area (TPSA) is 40.5 Å². The first-order chi connectivity index (χ1) is 7.27. The Balaban J connectivity index is 3.02. The second-order valence-electron chi connectivity index (χ2n) is 4.36. The fraction of sp³-hybridized carbons (Fsp3) is 0.900. The van der Waals surface area contributed by atoms with Crippen molar-refractivity contribution in [3.8, 4) is 0 Å². The van der Waals surface area contributed by atoms with Crippen molar-refractivity contribution in [3.05, 3.63) is 0 Å². The largest absolute Gasteiger partial charge is 0.481 e. The van der Waals surface area contributed by atoms with Gasteiger partial charge < -0.3 is 5.11 Å². The van der Waals surface area contributed by atoms with Crippen molar-refractivity contribution in [2.45, 2.75) is 32.2 Å². The molecule has 0 aromatic carbocycles. The Bertz CT molecular complexity index is 285. The predicted molar refractivity (Wildman–Crippen MR) is 52.3 cm³/mol. The van der Waals surface area contributed by atoms with Gasteiger partial charge >= 0.3 is 5.97 Å². The molecule has 94 valence electrons. The number of carboxylic acids is 1. The van der Waals surface area contributed by atoms with E-state index >= 15 is 0 Å². The summed E-state index contributed by atoms with van der Waals surface area (Å²) in [4.78, 5) is 12.5. The van der Waals surface area contributed by atoms with E-state index in [-0.39, 0.29) is 13.1 Å². The fourth-order valence-corrected chi connectivity index (χ4v) is 2.16. The van der Waals surface area contributed by atoms with Crippen LogP contribution in [-0.2, 0) is 4.79 Å². The molecule has 0 aromatic heterocycles. The Morgan fingerprint density at radius 1 is 1.56 bits per heavy atom. The molecule has 1 rings (SSSR count). The van der Waals surface area contributed by atoms with Crippen LogP contribution in [0.15, 0.2) is 0 Å². The summed E-state index contributed by atoms with van der Waals surface area (Å²) < 4.78 is 39.6. The second kappa shape index (κ2) is 4.24. The quantitative estimate of drug-likeness (QED) is 0.816. The third kappa shape index (κ3) is 1.79. The third-order valence-electron chi connectivity index (χ3n) is 3.67. The molecule has 1 heterocycles. The SMILES string of the molecule is C[C@@H]1N(CCF)CCC(F)(F)C1(C)C(=O)O. The first kappa shape index (κ1) is 13.3. The van der Waals surface area contributed by atoms with Crippen molar-refractivity contribution in [2.24, 2.45) is 5.41 Å². The maximum Gasteiger partial charge on any atom is 0.317 e. The maximum absolute atomic E-state index is 13.7. The minimum absolute atomic E-state index is 0.000116. The van der Waals surface area contributed by atoms with Crippen molar-refractivity contribution >= 4 is 5.97 Å². The van der Waals surface area contributed by atoms with E-state index in [1.165, 1.54) is 11.8 Å². The molecular formula is C10H16F3NO2. The van der Waals surface area contributed by atoms with E-state index in [1.807, 2.05) is 0 Å². The molecule has 0 amide bonds. The van der Waals surface area contributed by atoms with Crippen LogP contribution in [0.4, 0.5) is 13.2 Å². The number of rotatable bonds is 3. The number of likely N-dealkylation sites (tertiary alicyclic amines) is 1. The Labute approximate surface area is 92.2 Å². The zero-order chi connectivity index (χ0) is 12.6. The maximum atomic E-state index is 13.7. The molecule has 3 nitrogen and oxygen atoms in total. The van der Waals surface area contributed by atoms with Crippen molar-refractivity contribution < 1.29 is 23.1 Å². The van der Waals surface area contributed by atoms with Gasteiger partial charge in [0.25, 0.3) is 5.92 Å². The molecule has 1 aliphatic rings. The smallest absolute Gasteiger partial charge is 0.317 e. The standard InChI is InChI=1S/C10H16F3NO2/c1-7-9(2,8(15)16)10(12,13)3-5-14(7)6-4-11/h7H,3-6H2,1-2H3,(H,15,16)/t7-,9?/m0/s1. The van der Waals surface area contributed by atoms with E-state index in [2.05, 4.69) is 0 Å². The molecule has 1 saturated heterocycles. The van der Waals surface area contributed by atoms with Crippen LogP contribution < -0.4 is 0 Å². The molecule has 0 aromatic rings. The Morgan fingerprint density at radius 2 is 2.12 bits per heavy atom. The van der Waals surface area contributed by atoms with Gasteiger partial charge in [-0.05, 0) is 13.8 Å². The van der Waals surface area contributed by atoms with Crippen LogP contribution >= 0.6 is 0 Å². The molecule has 16 heavy (non-hydrogen) atoms. The number of piperidine rings is 1. The van der Waals surface area contributed by atoms with Crippen molar-refractivity contribution in [3.63, 3.8) is 0 Å². The van der Waals surface area contributed by atoms with E-state index in [0.29, 0.717) is 0 Å². The lowest BCUT2D eigenvalue weighted by Crippen LogP contribution is -2.63. The van der Waals surface area contributed by atoms with Crippen LogP contribution in [-0.4, -0.2) is 47.7 Å². The Morgan fingerprint density at radius 3 is 2.56 bits per heavy atom. The Hall–Kier alpha value is -0.780. The minimum Gasteiger partial charge on any atom is -0.481 e. The average Bonchev–Trinajstić information content (AvgIpc) is 2.19. The lowest BCUT2D eigenvalue weighted by molar-refractivity contribution is -0.206. The van der Waals surface area contributed by atoms with Crippen LogP contribution in [0.5, 0.6) is 0 Å². The molecule has 1 unspecified atom stereocenters. The highest BCUT2D eigenvalue weighted by Crippen LogP contribution is 2.47. The summed E-state index contributed by atoms with van der Waals surface area (Å²) >= 11 is 0. The van der Waals surface area contributed by atoms with E-state index in [0.717, 1.165) is 6.92 Å².